The Bertz CT molecular complexity index is 560. The van der Waals surface area contributed by atoms with Gasteiger partial charge >= 0.3 is 12.3 Å². The highest BCUT2D eigenvalue weighted by Gasteiger charge is 2.42. The van der Waals surface area contributed by atoms with Gasteiger partial charge in [-0.1, -0.05) is 18.2 Å². The molecule has 0 saturated carbocycles. The Morgan fingerprint density at radius 3 is 2.38 bits per heavy atom. The van der Waals surface area contributed by atoms with E-state index in [0.29, 0.717) is 12.1 Å². The zero-order chi connectivity index (χ0) is 17.7. The predicted octanol–water partition coefficient (Wildman–Crippen LogP) is 2.25. The maximum absolute atomic E-state index is 13.0. The van der Waals surface area contributed by atoms with Crippen LogP contribution in [0.4, 0.5) is 23.2 Å². The summed E-state index contributed by atoms with van der Waals surface area (Å²) in [4.78, 5) is 15.0. The van der Waals surface area contributed by atoms with E-state index in [-0.39, 0.29) is 38.5 Å². The lowest BCUT2D eigenvalue weighted by Gasteiger charge is -2.36. The number of nitrogens with zero attached hydrogens (tertiary/aromatic N) is 2. The first-order valence-corrected chi connectivity index (χ1v) is 7.79. The fourth-order valence-corrected chi connectivity index (χ4v) is 2.68. The van der Waals surface area contributed by atoms with Gasteiger partial charge in [-0.2, -0.15) is 8.78 Å². The van der Waals surface area contributed by atoms with Gasteiger partial charge in [-0.05, 0) is 18.1 Å². The molecule has 0 radical (unpaired) electrons. The third-order valence-electron chi connectivity index (χ3n) is 4.14. The van der Waals surface area contributed by atoms with Gasteiger partial charge in [0.2, 0.25) is 5.91 Å². The van der Waals surface area contributed by atoms with Crippen molar-refractivity contribution in [2.75, 3.05) is 38.5 Å². The van der Waals surface area contributed by atoms with Gasteiger partial charge in [-0.3, -0.25) is 9.69 Å². The van der Waals surface area contributed by atoms with Crippen LogP contribution in [0.2, 0.25) is 0 Å². The first-order valence-electron chi connectivity index (χ1n) is 7.79. The lowest BCUT2D eigenvalue weighted by atomic mass is 10.1. The number of amides is 1. The van der Waals surface area contributed by atoms with Crippen molar-refractivity contribution >= 4 is 11.6 Å². The number of piperazine rings is 1. The van der Waals surface area contributed by atoms with Gasteiger partial charge in [0.05, 0.1) is 6.54 Å². The third kappa shape index (κ3) is 4.83. The van der Waals surface area contributed by atoms with Crippen molar-refractivity contribution in [1.82, 2.24) is 9.80 Å². The second-order valence-electron chi connectivity index (χ2n) is 5.92. The number of halogens is 4. The minimum absolute atomic E-state index is 0.0847. The monoisotopic (exact) mass is 347 g/mol. The first kappa shape index (κ1) is 18.5. The number of aryl methyl sites for hydroxylation is 1. The summed E-state index contributed by atoms with van der Waals surface area (Å²) in [6.45, 7) is -0.110. The molecule has 1 aliphatic rings. The fourth-order valence-electron chi connectivity index (χ4n) is 2.68. The Balaban J connectivity index is 1.78. The number of carbonyl (C=O) groups excluding carboxylic acids is 1. The van der Waals surface area contributed by atoms with Crippen LogP contribution in [0.5, 0.6) is 0 Å². The molecule has 4 nitrogen and oxygen atoms in total. The topological polar surface area (TPSA) is 49.6 Å². The summed E-state index contributed by atoms with van der Waals surface area (Å²) in [6.07, 6.45) is -2.88. The van der Waals surface area contributed by atoms with Crippen LogP contribution in [0.25, 0.3) is 0 Å². The highest BCUT2D eigenvalue weighted by atomic mass is 19.3. The zero-order valence-electron chi connectivity index (χ0n) is 13.2. The van der Waals surface area contributed by atoms with Crippen LogP contribution in [0.3, 0.4) is 0 Å². The van der Waals surface area contributed by atoms with Gasteiger partial charge in [-0.15, -0.1) is 0 Å². The van der Waals surface area contributed by atoms with Crippen molar-refractivity contribution < 1.29 is 22.4 Å². The summed E-state index contributed by atoms with van der Waals surface area (Å²) in [5.74, 6) is -4.10. The van der Waals surface area contributed by atoms with Crippen LogP contribution in [0.15, 0.2) is 24.3 Å². The number of benzene rings is 1. The second-order valence-corrected chi connectivity index (χ2v) is 5.92. The molecule has 0 aromatic heterocycles. The van der Waals surface area contributed by atoms with Crippen molar-refractivity contribution in [3.05, 3.63) is 29.8 Å². The Hall–Kier alpha value is -1.83. The molecule has 1 aromatic rings. The molecule has 1 saturated heterocycles. The van der Waals surface area contributed by atoms with E-state index in [1.807, 2.05) is 18.2 Å². The Morgan fingerprint density at radius 2 is 1.79 bits per heavy atom. The summed E-state index contributed by atoms with van der Waals surface area (Å²) in [6, 6.07) is 7.28. The van der Waals surface area contributed by atoms with Crippen LogP contribution in [-0.4, -0.2) is 60.8 Å². The number of nitrogen functional groups attached to an aromatic ring is 1. The molecule has 2 N–H and O–H groups in total. The van der Waals surface area contributed by atoms with E-state index in [9.17, 15) is 22.4 Å². The summed E-state index contributed by atoms with van der Waals surface area (Å²) < 4.78 is 50.5. The van der Waals surface area contributed by atoms with Gasteiger partial charge in [0.25, 0.3) is 0 Å². The maximum atomic E-state index is 13.0. The van der Waals surface area contributed by atoms with Crippen LogP contribution in [0, 0.1) is 0 Å². The predicted molar refractivity (Wildman–Crippen MR) is 83.1 cm³/mol. The number of carbonyl (C=O) groups is 1. The third-order valence-corrected chi connectivity index (χ3v) is 4.14. The molecule has 8 heteroatoms. The molecule has 1 amide bonds. The van der Waals surface area contributed by atoms with E-state index < -0.39 is 18.9 Å². The molecule has 24 heavy (non-hydrogen) atoms. The van der Waals surface area contributed by atoms with E-state index >= 15 is 0 Å². The van der Waals surface area contributed by atoms with E-state index in [1.165, 1.54) is 4.90 Å². The highest BCUT2D eigenvalue weighted by molar-refractivity contribution is 5.76. The molecule has 0 spiro atoms. The average Bonchev–Trinajstić information content (AvgIpc) is 2.54. The molecule has 0 atom stereocenters. The summed E-state index contributed by atoms with van der Waals surface area (Å²) >= 11 is 0. The number of anilines is 1. The standard InChI is InChI=1S/C16H21F4N3O/c17-15(18)16(19,20)11-22-7-9-23(10-8-22)14(24)6-5-12-3-1-2-4-13(12)21/h1-4,15H,5-11,21H2. The molecule has 0 aliphatic carbocycles. The number of hydrogen-bond acceptors (Lipinski definition) is 3. The van der Waals surface area contributed by atoms with Crippen molar-refractivity contribution in [1.29, 1.82) is 0 Å². The number of nitrogens with two attached hydrogens (primary N) is 1. The number of para-hydroxylation sites is 1. The van der Waals surface area contributed by atoms with Crippen molar-refractivity contribution in [2.45, 2.75) is 25.2 Å². The molecule has 1 heterocycles. The van der Waals surface area contributed by atoms with Crippen LogP contribution < -0.4 is 5.73 Å². The van der Waals surface area contributed by atoms with Crippen molar-refractivity contribution in [2.24, 2.45) is 0 Å². The lowest BCUT2D eigenvalue weighted by molar-refractivity contribution is -0.148. The minimum Gasteiger partial charge on any atom is -0.399 e. The van der Waals surface area contributed by atoms with E-state index in [1.54, 1.807) is 11.0 Å². The quantitative estimate of drug-likeness (QED) is 0.634. The minimum atomic E-state index is -4.02. The van der Waals surface area contributed by atoms with E-state index in [0.717, 1.165) is 5.56 Å². The fraction of sp³-hybridized carbons (Fsp3) is 0.562. The second kappa shape index (κ2) is 7.83. The SMILES string of the molecule is Nc1ccccc1CCC(=O)N1CCN(CC(F)(F)C(F)F)CC1. The van der Waals surface area contributed by atoms with Crippen molar-refractivity contribution in [3.8, 4) is 0 Å². The largest absolute Gasteiger partial charge is 0.399 e. The first-order chi connectivity index (χ1) is 11.3. The Morgan fingerprint density at radius 1 is 1.17 bits per heavy atom. The normalized spacial score (nSPS) is 16.6. The molecule has 0 unspecified atom stereocenters. The lowest BCUT2D eigenvalue weighted by Crippen LogP contribution is -2.52. The maximum Gasteiger partial charge on any atom is 0.319 e. The molecule has 0 bridgehead atoms. The molecular formula is C16H21F4N3O. The smallest absolute Gasteiger partial charge is 0.319 e. The summed E-state index contributed by atoms with van der Waals surface area (Å²) in [7, 11) is 0. The van der Waals surface area contributed by atoms with Gasteiger partial charge in [-0.25, -0.2) is 8.78 Å². The van der Waals surface area contributed by atoms with Gasteiger partial charge < -0.3 is 10.6 Å². The van der Waals surface area contributed by atoms with Gasteiger partial charge in [0, 0.05) is 38.3 Å². The molecule has 1 aliphatic heterocycles. The van der Waals surface area contributed by atoms with E-state index in [4.69, 9.17) is 5.73 Å². The summed E-state index contributed by atoms with van der Waals surface area (Å²) in [5.41, 5.74) is 7.34. The molecule has 1 aromatic carbocycles. The molecule has 2 rings (SSSR count). The van der Waals surface area contributed by atoms with Crippen LogP contribution in [0.1, 0.15) is 12.0 Å². The van der Waals surface area contributed by atoms with Crippen LogP contribution in [-0.2, 0) is 11.2 Å². The molecule has 1 fully saturated rings. The van der Waals surface area contributed by atoms with E-state index in [2.05, 4.69) is 0 Å². The van der Waals surface area contributed by atoms with Gasteiger partial charge in [0.15, 0.2) is 0 Å². The number of alkyl halides is 4. The molecule has 134 valence electrons. The Kier molecular flexibility index (Phi) is 6.04. The van der Waals surface area contributed by atoms with Gasteiger partial charge in [0.1, 0.15) is 0 Å². The van der Waals surface area contributed by atoms with Crippen molar-refractivity contribution in [3.63, 3.8) is 0 Å². The molecular weight excluding hydrogens is 326 g/mol. The number of hydrogen-bond donors (Lipinski definition) is 1. The highest BCUT2D eigenvalue weighted by Crippen LogP contribution is 2.24. The average molecular weight is 347 g/mol. The zero-order valence-corrected chi connectivity index (χ0v) is 13.2. The summed E-state index contributed by atoms with van der Waals surface area (Å²) in [5, 5.41) is 0. The number of rotatable bonds is 6. The Labute approximate surface area is 138 Å². The van der Waals surface area contributed by atoms with Crippen LogP contribution >= 0.6 is 0 Å².